The van der Waals surface area contributed by atoms with E-state index in [4.69, 9.17) is 0 Å². The fraction of sp³-hybridized carbons (Fsp3) is 0.308. The van der Waals surface area contributed by atoms with Gasteiger partial charge in [0, 0.05) is 23.2 Å². The van der Waals surface area contributed by atoms with Gasteiger partial charge in [0.25, 0.3) is 0 Å². The monoisotopic (exact) mass is 370 g/mol. The molecule has 0 unspecified atom stereocenters. The number of fused-ring (bicyclic) bond motifs is 2. The van der Waals surface area contributed by atoms with Gasteiger partial charge >= 0.3 is 0 Å². The molecule has 144 valence electrons. The van der Waals surface area contributed by atoms with Crippen molar-refractivity contribution in [2.75, 3.05) is 0 Å². The molecule has 0 aliphatic carbocycles. The van der Waals surface area contributed by atoms with Gasteiger partial charge in [-0.05, 0) is 124 Å². The Kier molecular flexibility index (Phi) is 5.51. The molecule has 0 aliphatic heterocycles. The molecule has 2 nitrogen and oxygen atoms in total. The quantitative estimate of drug-likeness (QED) is 0.335. The lowest BCUT2D eigenvalue weighted by molar-refractivity contribution is 1.26. The lowest BCUT2D eigenvalue weighted by Gasteiger charge is -2.09. The van der Waals surface area contributed by atoms with E-state index in [1.165, 1.54) is 55.3 Å². The van der Waals surface area contributed by atoms with Crippen molar-refractivity contribution in [3.8, 4) is 0 Å². The fourth-order valence-corrected chi connectivity index (χ4v) is 3.61. The van der Waals surface area contributed by atoms with E-state index in [-0.39, 0.29) is 0 Å². The Morgan fingerprint density at radius 2 is 0.821 bits per heavy atom. The third-order valence-electron chi connectivity index (χ3n) is 5.93. The number of rotatable bonds is 0. The first kappa shape index (κ1) is 20.0. The average molecular weight is 371 g/mol. The molecule has 2 heteroatoms. The molecule has 0 fully saturated rings. The van der Waals surface area contributed by atoms with Gasteiger partial charge in [-0.25, -0.2) is 0 Å². The van der Waals surface area contributed by atoms with Gasteiger partial charge < -0.3 is 0 Å². The van der Waals surface area contributed by atoms with Gasteiger partial charge in [-0.1, -0.05) is 0 Å². The number of nitrogens with zero attached hydrogens (tertiary/aromatic N) is 2. The first-order valence-electron chi connectivity index (χ1n) is 9.85. The number of aromatic nitrogens is 2. The summed E-state index contributed by atoms with van der Waals surface area (Å²) in [5, 5.41) is 2.57. The van der Waals surface area contributed by atoms with Crippen molar-refractivity contribution < 1.29 is 0 Å². The Morgan fingerprint density at radius 3 is 1.18 bits per heavy atom. The van der Waals surface area contributed by atoms with Crippen LogP contribution >= 0.6 is 0 Å². The SMILES string of the molecule is Cc1cnc2cc(C)c(C)c(C)c2c1.Cc1cnc2cc(C)c(C)c(C)c2c1. The van der Waals surface area contributed by atoms with Gasteiger partial charge in [0.2, 0.25) is 0 Å². The van der Waals surface area contributed by atoms with Crippen LogP contribution in [-0.4, -0.2) is 9.97 Å². The van der Waals surface area contributed by atoms with Crippen LogP contribution in [-0.2, 0) is 0 Å². The molecule has 0 saturated carbocycles. The van der Waals surface area contributed by atoms with E-state index in [0.717, 1.165) is 11.0 Å². The van der Waals surface area contributed by atoms with E-state index in [1.54, 1.807) is 0 Å². The maximum Gasteiger partial charge on any atom is 0.0707 e. The molecule has 4 rings (SSSR count). The summed E-state index contributed by atoms with van der Waals surface area (Å²) in [6.07, 6.45) is 3.85. The van der Waals surface area contributed by atoms with E-state index in [2.05, 4.69) is 89.6 Å². The summed E-state index contributed by atoms with van der Waals surface area (Å²) in [4.78, 5) is 8.89. The van der Waals surface area contributed by atoms with Crippen LogP contribution in [0.2, 0.25) is 0 Å². The molecule has 0 bridgehead atoms. The van der Waals surface area contributed by atoms with Crippen molar-refractivity contribution in [1.82, 2.24) is 9.97 Å². The predicted octanol–water partition coefficient (Wildman–Crippen LogP) is 6.94. The summed E-state index contributed by atoms with van der Waals surface area (Å²) in [5.74, 6) is 0. The molecule has 0 spiro atoms. The van der Waals surface area contributed by atoms with Gasteiger partial charge in [0.1, 0.15) is 0 Å². The highest BCUT2D eigenvalue weighted by molar-refractivity contribution is 5.85. The minimum atomic E-state index is 1.11. The summed E-state index contributed by atoms with van der Waals surface area (Å²) in [6, 6.07) is 8.75. The van der Waals surface area contributed by atoms with Gasteiger partial charge in [-0.2, -0.15) is 0 Å². The van der Waals surface area contributed by atoms with E-state index in [0.29, 0.717) is 0 Å². The van der Waals surface area contributed by atoms with E-state index >= 15 is 0 Å². The van der Waals surface area contributed by atoms with Crippen LogP contribution in [0.1, 0.15) is 44.5 Å². The molecule has 2 heterocycles. The number of pyridine rings is 2. The second-order valence-electron chi connectivity index (χ2n) is 8.05. The molecule has 2 aromatic carbocycles. The van der Waals surface area contributed by atoms with Crippen molar-refractivity contribution in [3.05, 3.63) is 81.2 Å². The number of aryl methyl sites for hydroxylation is 6. The van der Waals surface area contributed by atoms with Gasteiger partial charge in [0.05, 0.1) is 11.0 Å². The van der Waals surface area contributed by atoms with Crippen LogP contribution in [0.4, 0.5) is 0 Å². The van der Waals surface area contributed by atoms with Crippen LogP contribution in [0.3, 0.4) is 0 Å². The Morgan fingerprint density at radius 1 is 0.464 bits per heavy atom. The van der Waals surface area contributed by atoms with Crippen LogP contribution in [0, 0.1) is 55.4 Å². The number of hydrogen-bond acceptors (Lipinski definition) is 2. The molecule has 0 atom stereocenters. The smallest absolute Gasteiger partial charge is 0.0707 e. The minimum Gasteiger partial charge on any atom is -0.256 e. The number of benzene rings is 2. The maximum atomic E-state index is 4.44. The van der Waals surface area contributed by atoms with Crippen molar-refractivity contribution >= 4 is 21.8 Å². The number of hydrogen-bond donors (Lipinski definition) is 0. The highest BCUT2D eigenvalue weighted by Crippen LogP contribution is 2.24. The van der Waals surface area contributed by atoms with Crippen molar-refractivity contribution in [2.45, 2.75) is 55.4 Å². The van der Waals surface area contributed by atoms with Gasteiger partial charge in [-0.3, -0.25) is 9.97 Å². The molecule has 28 heavy (non-hydrogen) atoms. The maximum absolute atomic E-state index is 4.44. The highest BCUT2D eigenvalue weighted by atomic mass is 14.7. The normalized spacial score (nSPS) is 10.9. The molecule has 2 aromatic heterocycles. The highest BCUT2D eigenvalue weighted by Gasteiger charge is 2.05. The molecule has 0 aliphatic rings. The second-order valence-corrected chi connectivity index (χ2v) is 8.05. The average Bonchev–Trinajstić information content (AvgIpc) is 2.66. The Bertz CT molecular complexity index is 1090. The van der Waals surface area contributed by atoms with E-state index in [1.807, 2.05) is 12.4 Å². The van der Waals surface area contributed by atoms with E-state index < -0.39 is 0 Å². The first-order chi connectivity index (χ1) is 13.2. The molecule has 0 radical (unpaired) electrons. The molecule has 0 amide bonds. The Labute approximate surface area is 168 Å². The molecular weight excluding hydrogens is 340 g/mol. The lowest BCUT2D eigenvalue weighted by Crippen LogP contribution is -1.91. The summed E-state index contributed by atoms with van der Waals surface area (Å²) in [6.45, 7) is 17.1. The largest absolute Gasteiger partial charge is 0.256 e. The lowest BCUT2D eigenvalue weighted by atomic mass is 9.99. The first-order valence-corrected chi connectivity index (χ1v) is 9.85. The van der Waals surface area contributed by atoms with Crippen LogP contribution in [0.25, 0.3) is 21.8 Å². The standard InChI is InChI=1S/2C13H15N/c2*1-8-5-12-11(4)10(3)9(2)6-13(12)14-7-8/h2*5-7H,1-4H3. The third-order valence-corrected chi connectivity index (χ3v) is 5.93. The second kappa shape index (κ2) is 7.71. The van der Waals surface area contributed by atoms with Crippen LogP contribution in [0.5, 0.6) is 0 Å². The molecule has 4 aromatic rings. The molecule has 0 saturated heterocycles. The zero-order chi connectivity index (χ0) is 20.6. The molecular formula is C26H30N2. The van der Waals surface area contributed by atoms with Gasteiger partial charge in [0.15, 0.2) is 0 Å². The predicted molar refractivity (Wildman–Crippen MR) is 121 cm³/mol. The van der Waals surface area contributed by atoms with Crippen molar-refractivity contribution in [3.63, 3.8) is 0 Å². The molecule has 0 N–H and O–H groups in total. The van der Waals surface area contributed by atoms with E-state index in [9.17, 15) is 0 Å². The Hall–Kier alpha value is -2.74. The summed E-state index contributed by atoms with van der Waals surface area (Å²) in [5.41, 5.74) is 12.8. The van der Waals surface area contributed by atoms with Crippen LogP contribution < -0.4 is 0 Å². The van der Waals surface area contributed by atoms with Gasteiger partial charge in [-0.15, -0.1) is 0 Å². The zero-order valence-corrected chi connectivity index (χ0v) is 18.4. The summed E-state index contributed by atoms with van der Waals surface area (Å²) in [7, 11) is 0. The topological polar surface area (TPSA) is 25.8 Å². The fourth-order valence-electron chi connectivity index (χ4n) is 3.61. The zero-order valence-electron chi connectivity index (χ0n) is 18.4. The summed E-state index contributed by atoms with van der Waals surface area (Å²) >= 11 is 0. The minimum absolute atomic E-state index is 1.11. The Balaban J connectivity index is 0.000000161. The summed E-state index contributed by atoms with van der Waals surface area (Å²) < 4.78 is 0. The van der Waals surface area contributed by atoms with Crippen molar-refractivity contribution in [1.29, 1.82) is 0 Å². The van der Waals surface area contributed by atoms with Crippen molar-refractivity contribution in [2.24, 2.45) is 0 Å². The third kappa shape index (κ3) is 3.77. The van der Waals surface area contributed by atoms with Crippen LogP contribution in [0.15, 0.2) is 36.7 Å².